The molecule has 0 spiro atoms. The molecule has 0 radical (unpaired) electrons. The quantitative estimate of drug-likeness (QED) is 0.199. The van der Waals surface area contributed by atoms with Gasteiger partial charge in [0.25, 0.3) is 0 Å². The maximum atomic E-state index is 10.7. The largest absolute Gasteiger partial charge is 1.00 e. The van der Waals surface area contributed by atoms with Crippen molar-refractivity contribution in [2.75, 3.05) is 11.9 Å². The third-order valence-corrected chi connectivity index (χ3v) is 1.96. The SMILES string of the molecule is C=CCN=C([S-])Nc1cccc(C(=O)O)c1.[Au+].[Na+]. The third-order valence-electron chi connectivity index (χ3n) is 1.72. The van der Waals surface area contributed by atoms with Gasteiger partial charge in [-0.05, 0) is 23.4 Å². The van der Waals surface area contributed by atoms with Crippen molar-refractivity contribution in [1.82, 2.24) is 0 Å². The molecule has 0 aliphatic heterocycles. The van der Waals surface area contributed by atoms with Gasteiger partial charge >= 0.3 is 57.9 Å². The van der Waals surface area contributed by atoms with Gasteiger partial charge in [-0.3, -0.25) is 4.99 Å². The normalized spacial score (nSPS) is 9.67. The van der Waals surface area contributed by atoms with Crippen LogP contribution in [0.1, 0.15) is 10.4 Å². The van der Waals surface area contributed by atoms with E-state index in [2.05, 4.69) is 16.9 Å². The van der Waals surface area contributed by atoms with Crippen LogP contribution in [0.25, 0.3) is 0 Å². The first-order valence-electron chi connectivity index (χ1n) is 4.56. The van der Waals surface area contributed by atoms with Crippen LogP contribution in [0.2, 0.25) is 0 Å². The molecular weight excluding hydrogens is 444 g/mol. The van der Waals surface area contributed by atoms with Crippen LogP contribution < -0.4 is 34.9 Å². The average Bonchev–Trinajstić information content (AvgIpc) is 2.26. The van der Waals surface area contributed by atoms with Crippen molar-refractivity contribution in [2.45, 2.75) is 0 Å². The van der Waals surface area contributed by atoms with Crippen LogP contribution in [0, 0.1) is 0 Å². The number of aliphatic imine (C=N–C) groups is 1. The van der Waals surface area contributed by atoms with Crippen molar-refractivity contribution in [1.29, 1.82) is 0 Å². The zero-order valence-electron chi connectivity index (χ0n) is 9.81. The van der Waals surface area contributed by atoms with Gasteiger partial charge in [0, 0.05) is 5.69 Å². The van der Waals surface area contributed by atoms with Crippen LogP contribution in [0.15, 0.2) is 41.9 Å². The second kappa shape index (κ2) is 10.8. The molecule has 0 fully saturated rings. The van der Waals surface area contributed by atoms with Gasteiger partial charge in [0.05, 0.1) is 12.1 Å². The Bertz CT molecular complexity index is 441. The molecule has 2 N–H and O–H groups in total. The molecule has 18 heavy (non-hydrogen) atoms. The van der Waals surface area contributed by atoms with Crippen LogP contribution in [-0.2, 0) is 35.0 Å². The van der Waals surface area contributed by atoms with Gasteiger partial charge in [-0.1, -0.05) is 12.1 Å². The van der Waals surface area contributed by atoms with E-state index in [1.807, 2.05) is 0 Å². The van der Waals surface area contributed by atoms with Gasteiger partial charge in [0.2, 0.25) is 0 Å². The molecular formula is C11H11AuN2NaO2S+. The number of benzene rings is 1. The fraction of sp³-hybridized carbons (Fsp3) is 0.0909. The van der Waals surface area contributed by atoms with E-state index in [4.69, 9.17) is 17.7 Å². The number of amidine groups is 1. The van der Waals surface area contributed by atoms with E-state index in [9.17, 15) is 4.79 Å². The first-order chi connectivity index (χ1) is 7.63. The molecule has 0 aliphatic carbocycles. The molecule has 1 rings (SSSR count). The summed E-state index contributed by atoms with van der Waals surface area (Å²) in [5.74, 6) is -0.974. The molecule has 0 aromatic heterocycles. The Labute approximate surface area is 149 Å². The van der Waals surface area contributed by atoms with Crippen LogP contribution >= 0.6 is 0 Å². The van der Waals surface area contributed by atoms with Crippen LogP contribution in [0.5, 0.6) is 0 Å². The topological polar surface area (TPSA) is 61.7 Å². The molecule has 0 saturated heterocycles. The number of hydrogen-bond acceptors (Lipinski definition) is 3. The van der Waals surface area contributed by atoms with E-state index < -0.39 is 5.97 Å². The number of hydrogen-bond donors (Lipinski definition) is 2. The number of aromatic carboxylic acids is 1. The first kappa shape index (κ1) is 20.2. The fourth-order valence-corrected chi connectivity index (χ4v) is 1.23. The minimum atomic E-state index is -0.974. The van der Waals surface area contributed by atoms with Gasteiger partial charge in [0.1, 0.15) is 0 Å². The number of carboxylic acids is 1. The maximum Gasteiger partial charge on any atom is 1.00 e. The molecule has 0 unspecified atom stereocenters. The molecule has 0 bridgehead atoms. The minimum Gasteiger partial charge on any atom is -0.743 e. The average molecular weight is 455 g/mol. The first-order valence-corrected chi connectivity index (χ1v) is 4.97. The number of nitrogens with zero attached hydrogens (tertiary/aromatic N) is 1. The smallest absolute Gasteiger partial charge is 0.743 e. The Morgan fingerprint density at radius 3 is 2.78 bits per heavy atom. The van der Waals surface area contributed by atoms with Gasteiger partial charge in [-0.15, -0.1) is 6.58 Å². The Kier molecular flexibility index (Phi) is 12.1. The molecule has 94 valence electrons. The second-order valence-electron chi connectivity index (χ2n) is 2.95. The second-order valence-corrected chi connectivity index (χ2v) is 3.33. The van der Waals surface area contributed by atoms with E-state index in [1.54, 1.807) is 18.2 Å². The van der Waals surface area contributed by atoms with Crippen molar-refractivity contribution >= 4 is 29.5 Å². The predicted molar refractivity (Wildman–Crippen MR) is 66.9 cm³/mol. The van der Waals surface area contributed by atoms with E-state index in [1.165, 1.54) is 12.1 Å². The number of carboxylic acid groups (broad SMARTS) is 1. The van der Waals surface area contributed by atoms with Gasteiger partial charge in [0.15, 0.2) is 0 Å². The summed E-state index contributed by atoms with van der Waals surface area (Å²) in [4.78, 5) is 14.7. The minimum absolute atomic E-state index is 0. The predicted octanol–water partition coefficient (Wildman–Crippen LogP) is -1.11. The van der Waals surface area contributed by atoms with E-state index in [-0.39, 0.29) is 57.5 Å². The summed E-state index contributed by atoms with van der Waals surface area (Å²) in [6, 6.07) is 6.37. The Morgan fingerprint density at radius 2 is 2.22 bits per heavy atom. The van der Waals surface area contributed by atoms with Crippen molar-refractivity contribution < 1.29 is 61.8 Å². The van der Waals surface area contributed by atoms with Gasteiger partial charge in [-0.2, -0.15) is 0 Å². The molecule has 0 saturated carbocycles. The number of anilines is 1. The molecule has 7 heteroatoms. The molecule has 1 aromatic carbocycles. The van der Waals surface area contributed by atoms with Crippen molar-refractivity contribution in [3.63, 3.8) is 0 Å². The van der Waals surface area contributed by atoms with Crippen molar-refractivity contribution in [3.8, 4) is 0 Å². The van der Waals surface area contributed by atoms with Crippen LogP contribution in [-0.4, -0.2) is 22.8 Å². The molecule has 0 atom stereocenters. The van der Waals surface area contributed by atoms with Crippen LogP contribution in [0.4, 0.5) is 5.69 Å². The van der Waals surface area contributed by atoms with Gasteiger partial charge < -0.3 is 23.1 Å². The Balaban J connectivity index is 0. The number of nitrogens with one attached hydrogen (secondary N) is 1. The summed E-state index contributed by atoms with van der Waals surface area (Å²) in [7, 11) is 0. The zero-order chi connectivity index (χ0) is 12.0. The Morgan fingerprint density at radius 1 is 1.56 bits per heavy atom. The summed E-state index contributed by atoms with van der Waals surface area (Å²) in [6.45, 7) is 3.95. The fourth-order valence-electron chi connectivity index (χ4n) is 1.04. The summed E-state index contributed by atoms with van der Waals surface area (Å²) in [6.07, 6.45) is 1.63. The Hall–Kier alpha value is -0.140. The van der Waals surface area contributed by atoms with Crippen molar-refractivity contribution in [2.24, 2.45) is 4.99 Å². The van der Waals surface area contributed by atoms with E-state index in [0.717, 1.165) is 0 Å². The molecule has 0 amide bonds. The number of rotatable bonds is 4. The van der Waals surface area contributed by atoms with Crippen LogP contribution in [0.3, 0.4) is 0 Å². The van der Waals surface area contributed by atoms with Gasteiger partial charge in [-0.25, -0.2) is 4.79 Å². The van der Waals surface area contributed by atoms with Crippen molar-refractivity contribution in [3.05, 3.63) is 42.5 Å². The molecule has 4 nitrogen and oxygen atoms in total. The van der Waals surface area contributed by atoms with E-state index in [0.29, 0.717) is 17.4 Å². The summed E-state index contributed by atoms with van der Waals surface area (Å²) >= 11 is 4.94. The summed E-state index contributed by atoms with van der Waals surface area (Å²) < 4.78 is 0. The molecule has 0 aliphatic rings. The maximum absolute atomic E-state index is 10.7. The zero-order valence-corrected chi connectivity index (χ0v) is 14.8. The monoisotopic (exact) mass is 455 g/mol. The number of carbonyl (C=O) groups is 1. The molecule has 0 heterocycles. The third kappa shape index (κ3) is 7.33. The molecule has 1 aromatic rings. The standard InChI is InChI=1S/C11H12N2O2S.Au.Na/c1-2-6-12-11(16)13-9-5-3-4-8(7-9)10(14)15;;/h2-5,7H,1,6H2,(H,14,15)(H2,12,13,16);;/q;2*+1/p-1. The summed E-state index contributed by atoms with van der Waals surface area (Å²) in [5.41, 5.74) is 0.814. The van der Waals surface area contributed by atoms with E-state index >= 15 is 0 Å². The summed E-state index contributed by atoms with van der Waals surface area (Å²) in [5, 5.41) is 11.9.